The van der Waals surface area contributed by atoms with Crippen LogP contribution in [0.3, 0.4) is 0 Å². The molecule has 30 heavy (non-hydrogen) atoms. The van der Waals surface area contributed by atoms with E-state index in [0.717, 1.165) is 24.8 Å². The lowest BCUT2D eigenvalue weighted by Gasteiger charge is -2.30. The topological polar surface area (TPSA) is 76.7 Å². The first-order valence-corrected chi connectivity index (χ1v) is 11.2. The van der Waals surface area contributed by atoms with Crippen LogP contribution in [0.2, 0.25) is 0 Å². The number of rotatable bonds is 12. The molecule has 0 aromatic heterocycles. The molecule has 2 N–H and O–H groups in total. The molecule has 166 valence electrons. The van der Waals surface area contributed by atoms with Crippen molar-refractivity contribution >= 4 is 12.0 Å². The smallest absolute Gasteiger partial charge is 0.338 e. The minimum Gasteiger partial charge on any atom is -0.493 e. The van der Waals surface area contributed by atoms with Crippen LogP contribution >= 0.6 is 0 Å². The molecule has 0 radical (unpaired) electrons. The summed E-state index contributed by atoms with van der Waals surface area (Å²) in [5.74, 6) is 0.270. The molecule has 1 aliphatic rings. The van der Waals surface area contributed by atoms with Crippen LogP contribution < -0.4 is 15.4 Å². The average molecular weight is 417 g/mol. The summed E-state index contributed by atoms with van der Waals surface area (Å²) in [6.45, 7) is 8.45. The number of amides is 2. The van der Waals surface area contributed by atoms with Gasteiger partial charge in [0.25, 0.3) is 0 Å². The first-order chi connectivity index (χ1) is 14.5. The number of ether oxygens (including phenoxy) is 2. The van der Waals surface area contributed by atoms with Crippen LogP contribution in [0.4, 0.5) is 4.79 Å². The van der Waals surface area contributed by atoms with Crippen molar-refractivity contribution < 1.29 is 19.1 Å². The van der Waals surface area contributed by atoms with E-state index in [9.17, 15) is 9.59 Å². The number of hydrogen-bond donors (Lipinski definition) is 2. The molecular formula is C24H36N2O4. The Morgan fingerprint density at radius 2 is 1.80 bits per heavy atom. The van der Waals surface area contributed by atoms with Gasteiger partial charge in [0.05, 0.1) is 24.3 Å². The fourth-order valence-corrected chi connectivity index (χ4v) is 3.56. The van der Waals surface area contributed by atoms with Crippen LogP contribution in [-0.2, 0) is 9.53 Å². The second-order valence-corrected chi connectivity index (χ2v) is 7.93. The molecule has 0 aliphatic carbocycles. The van der Waals surface area contributed by atoms with E-state index in [4.69, 9.17) is 9.47 Å². The van der Waals surface area contributed by atoms with Gasteiger partial charge >= 0.3 is 12.0 Å². The molecule has 1 aromatic rings. The van der Waals surface area contributed by atoms with Crippen LogP contribution in [0.15, 0.2) is 35.5 Å². The van der Waals surface area contributed by atoms with Crippen molar-refractivity contribution in [3.63, 3.8) is 0 Å². The molecule has 0 saturated heterocycles. The van der Waals surface area contributed by atoms with E-state index in [1.54, 1.807) is 0 Å². The van der Waals surface area contributed by atoms with Crippen molar-refractivity contribution in [2.24, 2.45) is 0 Å². The van der Waals surface area contributed by atoms with Gasteiger partial charge in [0.1, 0.15) is 5.75 Å². The van der Waals surface area contributed by atoms with Gasteiger partial charge in [-0.15, -0.1) is 0 Å². The van der Waals surface area contributed by atoms with Crippen molar-refractivity contribution in [2.75, 3.05) is 6.61 Å². The van der Waals surface area contributed by atoms with Gasteiger partial charge in [-0.05, 0) is 32.8 Å². The zero-order valence-corrected chi connectivity index (χ0v) is 18.8. The van der Waals surface area contributed by atoms with E-state index in [1.807, 2.05) is 45.0 Å². The van der Waals surface area contributed by atoms with Crippen molar-refractivity contribution in [2.45, 2.75) is 84.8 Å². The monoisotopic (exact) mass is 416 g/mol. The molecule has 1 unspecified atom stereocenters. The number of hydrogen-bond acceptors (Lipinski definition) is 4. The van der Waals surface area contributed by atoms with Crippen molar-refractivity contribution in [3.8, 4) is 5.75 Å². The largest absolute Gasteiger partial charge is 0.493 e. The molecular weight excluding hydrogens is 380 g/mol. The lowest BCUT2D eigenvalue weighted by molar-refractivity contribution is -0.143. The molecule has 6 heteroatoms. The lowest BCUT2D eigenvalue weighted by atomic mass is 9.93. The van der Waals surface area contributed by atoms with Gasteiger partial charge in [0.2, 0.25) is 0 Å². The number of benzene rings is 1. The Morgan fingerprint density at radius 3 is 2.50 bits per heavy atom. The van der Waals surface area contributed by atoms with Crippen LogP contribution in [0.25, 0.3) is 0 Å². The molecule has 1 aliphatic heterocycles. The van der Waals surface area contributed by atoms with Gasteiger partial charge in [0, 0.05) is 11.3 Å². The number of carbonyl (C=O) groups is 2. The zero-order chi connectivity index (χ0) is 21.9. The Labute approximate surface area is 180 Å². The number of allylic oxidation sites excluding steroid dienone is 1. The van der Waals surface area contributed by atoms with Crippen LogP contribution in [-0.4, -0.2) is 24.7 Å². The summed E-state index contributed by atoms with van der Waals surface area (Å²) in [7, 11) is 0. The number of esters is 1. The van der Waals surface area contributed by atoms with E-state index in [-0.39, 0.29) is 12.1 Å². The summed E-state index contributed by atoms with van der Waals surface area (Å²) >= 11 is 0. The summed E-state index contributed by atoms with van der Waals surface area (Å²) in [6.07, 6.45) is 6.91. The highest BCUT2D eigenvalue weighted by Gasteiger charge is 2.35. The highest BCUT2D eigenvalue weighted by molar-refractivity contribution is 5.95. The molecule has 0 saturated carbocycles. The molecule has 0 spiro atoms. The molecule has 2 rings (SSSR count). The molecule has 0 bridgehead atoms. The second-order valence-electron chi connectivity index (χ2n) is 7.93. The zero-order valence-electron chi connectivity index (χ0n) is 18.8. The molecule has 1 atom stereocenters. The highest BCUT2D eigenvalue weighted by Crippen LogP contribution is 2.34. The number of nitrogens with one attached hydrogen (secondary N) is 2. The predicted octanol–water partition coefficient (Wildman–Crippen LogP) is 5.40. The Bertz CT molecular complexity index is 742. The minimum absolute atomic E-state index is 0.249. The molecule has 0 fully saturated rings. The van der Waals surface area contributed by atoms with Gasteiger partial charge < -0.3 is 20.1 Å². The van der Waals surface area contributed by atoms with Gasteiger partial charge in [-0.3, -0.25) is 0 Å². The fourth-order valence-electron chi connectivity index (χ4n) is 3.56. The molecule has 6 nitrogen and oxygen atoms in total. The molecule has 1 heterocycles. The number of para-hydroxylation sites is 1. The standard InChI is InChI=1S/C24H36N2O4/c1-5-7-8-9-12-16-29-20-15-11-10-14-18(20)22-21(23(27)30-17(3)4)19(13-6-2)25-24(28)26-22/h10-11,14-15,17,22H,5-9,12-13,16H2,1-4H3,(H2,25,26,28). The van der Waals surface area contributed by atoms with Crippen molar-refractivity contribution in [3.05, 3.63) is 41.1 Å². The van der Waals surface area contributed by atoms with E-state index >= 15 is 0 Å². The predicted molar refractivity (Wildman–Crippen MR) is 118 cm³/mol. The lowest BCUT2D eigenvalue weighted by Crippen LogP contribution is -2.46. The quantitative estimate of drug-likeness (QED) is 0.353. The molecule has 1 aromatic carbocycles. The van der Waals surface area contributed by atoms with E-state index < -0.39 is 12.0 Å². The van der Waals surface area contributed by atoms with Crippen molar-refractivity contribution in [1.29, 1.82) is 0 Å². The Hall–Kier alpha value is -2.50. The third-order valence-corrected chi connectivity index (χ3v) is 4.95. The summed E-state index contributed by atoms with van der Waals surface area (Å²) in [4.78, 5) is 25.3. The summed E-state index contributed by atoms with van der Waals surface area (Å²) in [5, 5.41) is 5.70. The van der Waals surface area contributed by atoms with E-state index in [0.29, 0.717) is 30.0 Å². The molecule has 2 amide bonds. The van der Waals surface area contributed by atoms with Gasteiger partial charge in [0.15, 0.2) is 0 Å². The number of carbonyl (C=O) groups excluding carboxylic acids is 2. The first-order valence-electron chi connectivity index (χ1n) is 11.2. The van der Waals surface area contributed by atoms with Gasteiger partial charge in [-0.2, -0.15) is 0 Å². The SMILES string of the molecule is CCCCCCCOc1ccccc1C1NC(=O)NC(CCC)=C1C(=O)OC(C)C. The third kappa shape index (κ3) is 6.78. The van der Waals surface area contributed by atoms with E-state index in [2.05, 4.69) is 17.6 Å². The third-order valence-electron chi connectivity index (χ3n) is 4.95. The second kappa shape index (κ2) is 12.3. The number of unbranched alkanes of at least 4 members (excludes halogenated alkanes) is 4. The van der Waals surface area contributed by atoms with Gasteiger partial charge in [-0.25, -0.2) is 9.59 Å². The average Bonchev–Trinajstić information content (AvgIpc) is 2.70. The number of urea groups is 1. The Kier molecular flexibility index (Phi) is 9.71. The first kappa shape index (κ1) is 23.8. The minimum atomic E-state index is -0.608. The maximum Gasteiger partial charge on any atom is 0.338 e. The van der Waals surface area contributed by atoms with E-state index in [1.165, 1.54) is 19.3 Å². The van der Waals surface area contributed by atoms with Crippen LogP contribution in [0.1, 0.15) is 84.2 Å². The van der Waals surface area contributed by atoms with Crippen LogP contribution in [0.5, 0.6) is 5.75 Å². The fraction of sp³-hybridized carbons (Fsp3) is 0.583. The summed E-state index contributed by atoms with van der Waals surface area (Å²) in [6, 6.07) is 6.65. The maximum atomic E-state index is 12.9. The Balaban J connectivity index is 2.28. The summed E-state index contributed by atoms with van der Waals surface area (Å²) < 4.78 is 11.6. The van der Waals surface area contributed by atoms with Crippen molar-refractivity contribution in [1.82, 2.24) is 10.6 Å². The normalized spacial score (nSPS) is 16.3. The van der Waals surface area contributed by atoms with Gasteiger partial charge in [-0.1, -0.05) is 64.2 Å². The maximum absolute atomic E-state index is 12.9. The highest BCUT2D eigenvalue weighted by atomic mass is 16.5. The van der Waals surface area contributed by atoms with Crippen LogP contribution in [0, 0.1) is 0 Å². The Morgan fingerprint density at radius 1 is 1.07 bits per heavy atom. The summed E-state index contributed by atoms with van der Waals surface area (Å²) in [5.41, 5.74) is 1.83.